The van der Waals surface area contributed by atoms with Crippen LogP contribution in [0.4, 0.5) is 18.8 Å². The number of aromatic amines is 2. The summed E-state index contributed by atoms with van der Waals surface area (Å²) in [6, 6.07) is 18.3. The first-order valence-electron chi connectivity index (χ1n) is 22.6. The number of halogens is 1. The fourth-order valence-electron chi connectivity index (χ4n) is 9.17. The molecule has 5 aromatic rings. The van der Waals surface area contributed by atoms with Crippen molar-refractivity contribution in [2.24, 2.45) is 11.8 Å². The Morgan fingerprint density at radius 1 is 0.761 bits per heavy atom. The molecule has 4 N–H and O–H groups in total. The minimum Gasteiger partial charge on any atom is -0.453 e. The summed E-state index contributed by atoms with van der Waals surface area (Å²) in [6.45, 7) is 8.32. The molecule has 2 saturated heterocycles. The average Bonchev–Trinajstić information content (AvgIpc) is 4.19. The molecule has 3 aliphatic rings. The van der Waals surface area contributed by atoms with Crippen LogP contribution >= 0.6 is 0 Å². The summed E-state index contributed by atoms with van der Waals surface area (Å²) < 4.78 is 30.0. The number of hydrogen-bond donors (Lipinski definition) is 4. The van der Waals surface area contributed by atoms with Crippen LogP contribution in [-0.4, -0.2) is 110 Å². The number of methoxy groups -OCH3 is 2. The zero-order valence-corrected chi connectivity index (χ0v) is 38.4. The smallest absolute Gasteiger partial charge is 0.410 e. The topological polar surface area (TPSA) is 204 Å². The minimum atomic E-state index is -0.921. The van der Waals surface area contributed by atoms with E-state index in [0.29, 0.717) is 29.5 Å². The van der Waals surface area contributed by atoms with Gasteiger partial charge in [-0.2, -0.15) is 0 Å². The highest BCUT2D eigenvalue weighted by molar-refractivity contribution is 5.87. The lowest BCUT2D eigenvalue weighted by Crippen LogP contribution is -2.51. The maximum Gasteiger partial charge on any atom is 0.410 e. The lowest BCUT2D eigenvalue weighted by Gasteiger charge is -2.29. The summed E-state index contributed by atoms with van der Waals surface area (Å²) >= 11 is 0. The van der Waals surface area contributed by atoms with Gasteiger partial charge in [0.1, 0.15) is 35.7 Å². The molecule has 17 nitrogen and oxygen atoms in total. The predicted molar refractivity (Wildman–Crippen MR) is 244 cm³/mol. The number of H-pyrrole nitrogens is 2. The molecule has 67 heavy (non-hydrogen) atoms. The van der Waals surface area contributed by atoms with Gasteiger partial charge in [0.2, 0.25) is 11.8 Å². The molecule has 5 atom stereocenters. The van der Waals surface area contributed by atoms with E-state index in [1.54, 1.807) is 28.1 Å². The van der Waals surface area contributed by atoms with Crippen molar-refractivity contribution in [3.63, 3.8) is 0 Å². The Kier molecular flexibility index (Phi) is 13.6. The number of likely N-dealkylation sites (tertiary alicyclic amines) is 2. The summed E-state index contributed by atoms with van der Waals surface area (Å²) in [5.74, 6) is -0.157. The standard InChI is InChI=1S/C49H56FN9O8/c1-27(2)41(55-47(62)65-5)45(60)58-20-8-11-39(58)43-51-22-37(53-43)31-16-12-29(13-17-31)30-14-18-32(19-15-30)38-23-52-44(54-38)40-21-34(25-59(40)46(61)42(28(3)4)56-48(63)66-6)67-49(64)57-24-33-9-7-10-36(50)35(33)26-57/h7,9-10,12-19,22-23,27-28,34,39-42H,8,11,20-21,24-26H2,1-6H3,(H,51,53)(H,52,54)(H,55,62)(H,56,63)/t34-,39+,40+,41?,42+/m1/s1. The first-order chi connectivity index (χ1) is 32.2. The molecule has 18 heteroatoms. The monoisotopic (exact) mass is 917 g/mol. The number of aromatic nitrogens is 4. The van der Waals surface area contributed by atoms with Crippen molar-refractivity contribution in [2.45, 2.75) is 90.3 Å². The van der Waals surface area contributed by atoms with Crippen LogP contribution in [0, 0.1) is 17.7 Å². The van der Waals surface area contributed by atoms with Gasteiger partial charge in [-0.25, -0.2) is 28.7 Å². The third-order valence-corrected chi connectivity index (χ3v) is 12.9. The highest BCUT2D eigenvalue weighted by Gasteiger charge is 2.44. The van der Waals surface area contributed by atoms with Gasteiger partial charge < -0.3 is 44.6 Å². The first-order valence-corrected chi connectivity index (χ1v) is 22.6. The maximum absolute atomic E-state index is 14.5. The van der Waals surface area contributed by atoms with Crippen molar-refractivity contribution in [1.29, 1.82) is 0 Å². The van der Waals surface area contributed by atoms with Crippen LogP contribution in [-0.2, 0) is 36.9 Å². The predicted octanol–water partition coefficient (Wildman–Crippen LogP) is 7.49. The number of nitrogens with zero attached hydrogens (tertiary/aromatic N) is 5. The van der Waals surface area contributed by atoms with E-state index in [-0.39, 0.29) is 61.6 Å². The van der Waals surface area contributed by atoms with Gasteiger partial charge in [0.25, 0.3) is 0 Å². The Morgan fingerprint density at radius 3 is 1.99 bits per heavy atom. The number of hydrogen-bond acceptors (Lipinski definition) is 10. The second-order valence-corrected chi connectivity index (χ2v) is 17.9. The molecule has 8 rings (SSSR count). The average molecular weight is 918 g/mol. The SMILES string of the molecule is COC(=O)NC(C(=O)N1CCC[C@H]1c1nc(-c2ccc(-c3ccc(-c4cnc([C@@H]5C[C@@H](OC(=O)N6Cc7cccc(F)c7C6)CN5C(=O)[C@@H](NC(=O)OC)C(C)C)[nH]4)cc3)cc2)c[nH]1)C(C)C. The lowest BCUT2D eigenvalue weighted by atomic mass is 10.0. The largest absolute Gasteiger partial charge is 0.453 e. The molecule has 3 aromatic carbocycles. The fourth-order valence-corrected chi connectivity index (χ4v) is 9.17. The van der Waals surface area contributed by atoms with Crippen molar-refractivity contribution < 1.29 is 42.6 Å². The first kappa shape index (κ1) is 46.3. The van der Waals surface area contributed by atoms with Crippen molar-refractivity contribution >= 4 is 30.1 Å². The Bertz CT molecular complexity index is 2610. The summed E-state index contributed by atoms with van der Waals surface area (Å²) in [5.41, 5.74) is 6.38. The van der Waals surface area contributed by atoms with Crippen LogP contribution in [0.3, 0.4) is 0 Å². The molecule has 352 valence electrons. The number of imidazole rings is 2. The third kappa shape index (κ3) is 9.83. The van der Waals surface area contributed by atoms with Crippen molar-refractivity contribution in [2.75, 3.05) is 27.3 Å². The molecule has 1 unspecified atom stereocenters. The van der Waals surface area contributed by atoms with Crippen LogP contribution in [0.1, 0.15) is 81.8 Å². The Hall–Kier alpha value is -7.24. The number of carbonyl (C=O) groups is 5. The zero-order valence-electron chi connectivity index (χ0n) is 38.4. The third-order valence-electron chi connectivity index (χ3n) is 12.9. The highest BCUT2D eigenvalue weighted by Crippen LogP contribution is 2.37. The number of nitrogens with one attached hydrogen (secondary N) is 4. The number of alkyl carbamates (subject to hydrolysis) is 2. The Balaban J connectivity index is 0.947. The number of amides is 5. The van der Waals surface area contributed by atoms with Crippen molar-refractivity contribution in [3.8, 4) is 33.6 Å². The number of carbonyl (C=O) groups excluding carboxylic acids is 5. The molecule has 2 aromatic heterocycles. The fraction of sp³-hybridized carbons (Fsp3) is 0.408. The van der Waals surface area contributed by atoms with E-state index in [9.17, 15) is 28.4 Å². The number of ether oxygens (including phenoxy) is 3. The van der Waals surface area contributed by atoms with Gasteiger partial charge in [-0.05, 0) is 53.0 Å². The molecule has 0 aliphatic carbocycles. The van der Waals surface area contributed by atoms with Crippen LogP contribution in [0.5, 0.6) is 0 Å². The summed E-state index contributed by atoms with van der Waals surface area (Å²) in [6.07, 6.45) is 2.66. The maximum atomic E-state index is 14.5. The van der Waals surface area contributed by atoms with Crippen molar-refractivity contribution in [3.05, 3.63) is 108 Å². The molecule has 2 fully saturated rings. The van der Waals surface area contributed by atoms with E-state index in [0.717, 1.165) is 46.4 Å². The molecule has 5 amide bonds. The van der Waals surface area contributed by atoms with Crippen LogP contribution in [0.2, 0.25) is 0 Å². The second-order valence-electron chi connectivity index (χ2n) is 17.9. The van der Waals surface area contributed by atoms with Gasteiger partial charge in [-0.15, -0.1) is 0 Å². The van der Waals surface area contributed by atoms with E-state index in [1.165, 1.54) is 25.2 Å². The zero-order chi connectivity index (χ0) is 47.5. The quantitative estimate of drug-likeness (QED) is 0.0908. The van der Waals surface area contributed by atoms with Gasteiger partial charge in [0.05, 0.1) is 57.0 Å². The van der Waals surface area contributed by atoms with Crippen LogP contribution < -0.4 is 10.6 Å². The normalized spacial score (nSPS) is 18.8. The van der Waals surface area contributed by atoms with E-state index in [4.69, 9.17) is 24.2 Å². The number of fused-ring (bicyclic) bond motifs is 1. The molecule has 0 radical (unpaired) electrons. The summed E-state index contributed by atoms with van der Waals surface area (Å²) in [4.78, 5) is 86.6. The van der Waals surface area contributed by atoms with Crippen LogP contribution in [0.25, 0.3) is 33.6 Å². The highest BCUT2D eigenvalue weighted by atomic mass is 19.1. The van der Waals surface area contributed by atoms with E-state index < -0.39 is 42.5 Å². The van der Waals surface area contributed by atoms with Gasteiger partial charge >= 0.3 is 18.3 Å². The molecule has 0 bridgehead atoms. The Morgan fingerprint density at radius 2 is 1.37 bits per heavy atom. The van der Waals surface area contributed by atoms with E-state index in [2.05, 4.69) is 20.6 Å². The molecule has 3 aliphatic heterocycles. The second kappa shape index (κ2) is 19.7. The van der Waals surface area contributed by atoms with Crippen molar-refractivity contribution in [1.82, 2.24) is 45.3 Å². The summed E-state index contributed by atoms with van der Waals surface area (Å²) in [7, 11) is 2.51. The van der Waals surface area contributed by atoms with Gasteiger partial charge in [-0.3, -0.25) is 14.5 Å². The number of benzene rings is 3. The Labute approximate surface area is 387 Å². The summed E-state index contributed by atoms with van der Waals surface area (Å²) in [5, 5.41) is 5.34. The molecule has 0 saturated carbocycles. The molecule has 0 spiro atoms. The molecular formula is C49H56FN9O8. The van der Waals surface area contributed by atoms with Gasteiger partial charge in [0, 0.05) is 36.8 Å². The van der Waals surface area contributed by atoms with Crippen LogP contribution in [0.15, 0.2) is 79.1 Å². The van der Waals surface area contributed by atoms with E-state index in [1.807, 2.05) is 82.4 Å². The van der Waals surface area contributed by atoms with Gasteiger partial charge in [0.15, 0.2) is 0 Å². The van der Waals surface area contributed by atoms with Gasteiger partial charge in [-0.1, -0.05) is 88.4 Å². The lowest BCUT2D eigenvalue weighted by molar-refractivity contribution is -0.136. The van der Waals surface area contributed by atoms with E-state index >= 15 is 0 Å². The molecule has 5 heterocycles. The molecular weight excluding hydrogens is 862 g/mol. The number of rotatable bonds is 12. The minimum absolute atomic E-state index is 0.0535.